The van der Waals surface area contributed by atoms with Gasteiger partial charge in [-0.05, 0) is 43.5 Å². The average Bonchev–Trinajstić information content (AvgIpc) is 3.15. The van der Waals surface area contributed by atoms with Gasteiger partial charge in [0.05, 0.1) is 29.1 Å². The summed E-state index contributed by atoms with van der Waals surface area (Å²) >= 11 is 0. The van der Waals surface area contributed by atoms with Gasteiger partial charge in [0, 0.05) is 6.07 Å². The van der Waals surface area contributed by atoms with E-state index in [9.17, 15) is 15.1 Å². The molecule has 2 aliphatic rings. The van der Waals surface area contributed by atoms with E-state index in [2.05, 4.69) is 30.6 Å². The Hall–Kier alpha value is -4.32. The lowest BCUT2D eigenvalue weighted by Gasteiger charge is -2.34. The molecule has 12 nitrogen and oxygen atoms in total. The molecule has 1 amide bonds. The number of anilines is 2. The monoisotopic (exact) mass is 493 g/mol. The fraction of sp³-hybridized carbons (Fsp3) is 0.333. The van der Waals surface area contributed by atoms with Crippen LogP contribution in [-0.2, 0) is 16.9 Å². The standard InChI is InChI=1S/C23H25N7O3.CH2O2/c1-14-10-19(30(33)21-20(14)22(32)29-23(21)8-3-2-4-9-23)28-18-11-17(24-13-25-18)27-16-7-5-6-15(12-31)26-16;2-1-3/h5-7,10-11,13,31,33H,2-4,8-9,12H2,1H3,(H,29,32)(H,24,25,26,27);1H,(H,2,3). The Morgan fingerprint density at radius 1 is 1.19 bits per heavy atom. The lowest BCUT2D eigenvalue weighted by molar-refractivity contribution is -0.122. The predicted octanol–water partition coefficient (Wildman–Crippen LogP) is 2.29. The molecule has 1 aliphatic heterocycles. The molecule has 0 aromatic carbocycles. The largest absolute Gasteiger partial charge is 0.483 e. The van der Waals surface area contributed by atoms with Gasteiger partial charge >= 0.3 is 0 Å². The first-order valence-corrected chi connectivity index (χ1v) is 11.5. The fourth-order valence-electron chi connectivity index (χ4n) is 4.76. The van der Waals surface area contributed by atoms with Crippen LogP contribution in [0.25, 0.3) is 0 Å². The molecule has 0 radical (unpaired) electrons. The van der Waals surface area contributed by atoms with Gasteiger partial charge in [-0.2, -0.15) is 4.73 Å². The third-order valence-electron chi connectivity index (χ3n) is 6.25. The number of aliphatic hydroxyl groups excluding tert-OH is 1. The normalized spacial score (nSPS) is 16.1. The Morgan fingerprint density at radius 3 is 2.67 bits per heavy atom. The number of aryl methyl sites for hydroxylation is 1. The van der Waals surface area contributed by atoms with Gasteiger partial charge in [0.1, 0.15) is 18.0 Å². The minimum atomic E-state index is -0.558. The van der Waals surface area contributed by atoms with Crippen LogP contribution in [0.15, 0.2) is 41.7 Å². The van der Waals surface area contributed by atoms with Crippen molar-refractivity contribution < 1.29 is 25.0 Å². The Balaban J connectivity index is 0.000000967. The second-order valence-corrected chi connectivity index (χ2v) is 8.59. The van der Waals surface area contributed by atoms with Crippen LogP contribution in [0, 0.1) is 6.92 Å². The molecule has 36 heavy (non-hydrogen) atoms. The number of carbonyl (C=O) groups is 2. The number of carbonyl (C=O) groups excluding carboxylic acids is 1. The van der Waals surface area contributed by atoms with Crippen molar-refractivity contribution in [3.8, 4) is 0 Å². The zero-order chi connectivity index (χ0) is 25.7. The molecular weight excluding hydrogens is 466 g/mol. The quantitative estimate of drug-likeness (QED) is 0.270. The topological polar surface area (TPSA) is 175 Å². The number of nitrogens with zero attached hydrogens (tertiary/aromatic N) is 5. The Kier molecular flexibility index (Phi) is 7.25. The number of rotatable bonds is 4. The molecule has 0 unspecified atom stereocenters. The summed E-state index contributed by atoms with van der Waals surface area (Å²) in [5, 5.41) is 33.5. The van der Waals surface area contributed by atoms with Gasteiger partial charge in [-0.15, -0.1) is 0 Å². The van der Waals surface area contributed by atoms with Crippen molar-refractivity contribution in [1.29, 1.82) is 0 Å². The van der Waals surface area contributed by atoms with Crippen molar-refractivity contribution in [3.05, 3.63) is 64.7 Å². The first-order chi connectivity index (χ1) is 17.4. The number of hydrogen-bond acceptors (Lipinski definition) is 9. The van der Waals surface area contributed by atoms with E-state index in [1.807, 2.05) is 6.92 Å². The minimum Gasteiger partial charge on any atom is -0.483 e. The van der Waals surface area contributed by atoms with Crippen molar-refractivity contribution in [2.45, 2.75) is 51.2 Å². The number of pyridine rings is 2. The van der Waals surface area contributed by atoms with E-state index in [0.29, 0.717) is 34.4 Å². The van der Waals surface area contributed by atoms with Crippen molar-refractivity contribution in [1.82, 2.24) is 25.0 Å². The molecule has 1 aliphatic carbocycles. The SMILES string of the molecule is Cc1cc(=Nc2cc(Nc3cccc(CO)n3)ncn2)n(O)c2c1C(=O)NC21CCCCC1.O=CO. The number of carboxylic acid groups (broad SMARTS) is 1. The van der Waals surface area contributed by atoms with Crippen LogP contribution in [-0.4, -0.2) is 47.5 Å². The highest BCUT2D eigenvalue weighted by Gasteiger charge is 2.47. The Labute approximate surface area is 206 Å². The second-order valence-electron chi connectivity index (χ2n) is 8.59. The van der Waals surface area contributed by atoms with Crippen LogP contribution in [0.5, 0.6) is 0 Å². The summed E-state index contributed by atoms with van der Waals surface area (Å²) in [6, 6.07) is 8.58. The molecule has 1 spiro atoms. The minimum absolute atomic E-state index is 0.148. The molecule has 3 aromatic heterocycles. The summed E-state index contributed by atoms with van der Waals surface area (Å²) in [5.74, 6) is 1.18. The molecular formula is C24H27N7O5. The van der Waals surface area contributed by atoms with Crippen molar-refractivity contribution >= 4 is 29.8 Å². The van der Waals surface area contributed by atoms with Gasteiger partial charge in [0.2, 0.25) is 0 Å². The lowest BCUT2D eigenvalue weighted by Crippen LogP contribution is -2.43. The third kappa shape index (κ3) is 4.89. The second kappa shape index (κ2) is 10.5. The van der Waals surface area contributed by atoms with Gasteiger partial charge in [0.15, 0.2) is 11.3 Å². The number of nitrogens with one attached hydrogen (secondary N) is 2. The summed E-state index contributed by atoms with van der Waals surface area (Å²) in [6.07, 6.45) is 6.05. The van der Waals surface area contributed by atoms with E-state index in [1.165, 1.54) is 6.33 Å². The van der Waals surface area contributed by atoms with E-state index in [4.69, 9.17) is 9.90 Å². The van der Waals surface area contributed by atoms with Crippen LogP contribution in [0.3, 0.4) is 0 Å². The number of amides is 1. The molecule has 4 heterocycles. The van der Waals surface area contributed by atoms with E-state index >= 15 is 0 Å². The fourth-order valence-corrected chi connectivity index (χ4v) is 4.76. The predicted molar refractivity (Wildman–Crippen MR) is 128 cm³/mol. The van der Waals surface area contributed by atoms with E-state index in [1.54, 1.807) is 30.3 Å². The molecule has 1 saturated carbocycles. The van der Waals surface area contributed by atoms with Crippen LogP contribution in [0.2, 0.25) is 0 Å². The Bertz CT molecular complexity index is 1350. The van der Waals surface area contributed by atoms with Gasteiger partial charge < -0.3 is 26.1 Å². The number of aliphatic hydroxyl groups is 1. The van der Waals surface area contributed by atoms with Crippen molar-refractivity contribution in [2.75, 3.05) is 5.32 Å². The van der Waals surface area contributed by atoms with Crippen LogP contribution in [0.1, 0.15) is 59.4 Å². The summed E-state index contributed by atoms with van der Waals surface area (Å²) in [4.78, 5) is 38.3. The Morgan fingerprint density at radius 2 is 1.94 bits per heavy atom. The molecule has 5 rings (SSSR count). The highest BCUT2D eigenvalue weighted by molar-refractivity contribution is 6.00. The molecule has 0 saturated heterocycles. The van der Waals surface area contributed by atoms with E-state index < -0.39 is 5.54 Å². The summed E-state index contributed by atoms with van der Waals surface area (Å²) in [7, 11) is 0. The third-order valence-corrected chi connectivity index (χ3v) is 6.25. The maximum absolute atomic E-state index is 12.7. The molecule has 12 heteroatoms. The average molecular weight is 494 g/mol. The van der Waals surface area contributed by atoms with Crippen LogP contribution < -0.4 is 16.1 Å². The molecule has 5 N–H and O–H groups in total. The van der Waals surface area contributed by atoms with Crippen LogP contribution >= 0.6 is 0 Å². The lowest BCUT2D eigenvalue weighted by atomic mass is 9.79. The zero-order valence-corrected chi connectivity index (χ0v) is 19.7. The first-order valence-electron chi connectivity index (χ1n) is 11.5. The molecule has 188 valence electrons. The first kappa shape index (κ1) is 24.8. The van der Waals surface area contributed by atoms with Gasteiger partial charge in [0.25, 0.3) is 12.4 Å². The van der Waals surface area contributed by atoms with Crippen molar-refractivity contribution in [2.24, 2.45) is 4.99 Å². The maximum Gasteiger partial charge on any atom is 0.290 e. The smallest absolute Gasteiger partial charge is 0.290 e. The van der Waals surface area contributed by atoms with Gasteiger partial charge in [-0.25, -0.2) is 19.9 Å². The molecule has 1 fully saturated rings. The number of fused-ring (bicyclic) bond motifs is 2. The van der Waals surface area contributed by atoms with Gasteiger partial charge in [-0.1, -0.05) is 25.3 Å². The van der Waals surface area contributed by atoms with Crippen LogP contribution in [0.4, 0.5) is 17.5 Å². The molecule has 0 bridgehead atoms. The van der Waals surface area contributed by atoms with E-state index in [0.717, 1.165) is 42.4 Å². The van der Waals surface area contributed by atoms with Crippen molar-refractivity contribution in [3.63, 3.8) is 0 Å². The molecule has 3 aromatic rings. The van der Waals surface area contributed by atoms with Gasteiger partial charge in [-0.3, -0.25) is 9.59 Å². The zero-order valence-electron chi connectivity index (χ0n) is 19.7. The summed E-state index contributed by atoms with van der Waals surface area (Å²) < 4.78 is 1.03. The highest BCUT2D eigenvalue weighted by Crippen LogP contribution is 2.42. The maximum atomic E-state index is 12.7. The number of hydrogen-bond donors (Lipinski definition) is 5. The highest BCUT2D eigenvalue weighted by atomic mass is 16.5. The van der Waals surface area contributed by atoms with E-state index in [-0.39, 0.29) is 24.5 Å². The summed E-state index contributed by atoms with van der Waals surface area (Å²) in [6.45, 7) is 1.44. The molecule has 0 atom stereocenters. The summed E-state index contributed by atoms with van der Waals surface area (Å²) in [5.41, 5.74) is 2.14. The number of aromatic nitrogens is 4.